The molecule has 1 saturated heterocycles. The van der Waals surface area contributed by atoms with Crippen LogP contribution < -0.4 is 0 Å². The van der Waals surface area contributed by atoms with Gasteiger partial charge < -0.3 is 5.11 Å². The first-order valence-corrected chi connectivity index (χ1v) is 7.03. The van der Waals surface area contributed by atoms with Gasteiger partial charge in [0, 0.05) is 30.7 Å². The molecule has 0 aliphatic carbocycles. The maximum Gasteiger partial charge on any atom is 0.317 e. The fourth-order valence-electron chi connectivity index (χ4n) is 2.82. The molecule has 108 valence electrons. The van der Waals surface area contributed by atoms with E-state index in [0.717, 1.165) is 30.8 Å². The largest absolute Gasteiger partial charge is 0.480 e. The van der Waals surface area contributed by atoms with Crippen molar-refractivity contribution in [3.05, 3.63) is 48.4 Å². The lowest BCUT2D eigenvalue weighted by atomic mass is 9.98. The summed E-state index contributed by atoms with van der Waals surface area (Å²) < 4.78 is 0. The van der Waals surface area contributed by atoms with Gasteiger partial charge in [-0.05, 0) is 48.7 Å². The summed E-state index contributed by atoms with van der Waals surface area (Å²) in [6.45, 7) is 1.76. The third-order valence-corrected chi connectivity index (χ3v) is 3.86. The van der Waals surface area contributed by atoms with E-state index in [0.29, 0.717) is 5.92 Å². The zero-order valence-corrected chi connectivity index (χ0v) is 11.6. The number of carboxylic acids is 1. The summed E-state index contributed by atoms with van der Waals surface area (Å²) in [6, 6.07) is 8.01. The Bertz CT molecular complexity index is 630. The van der Waals surface area contributed by atoms with Crippen molar-refractivity contribution >= 4 is 5.97 Å². The van der Waals surface area contributed by atoms with Crippen molar-refractivity contribution in [1.82, 2.24) is 14.9 Å². The molecule has 5 heteroatoms. The van der Waals surface area contributed by atoms with E-state index in [9.17, 15) is 4.79 Å². The van der Waals surface area contributed by atoms with Gasteiger partial charge in [0.1, 0.15) is 0 Å². The summed E-state index contributed by atoms with van der Waals surface area (Å²) in [5.74, 6) is -0.379. The first-order valence-electron chi connectivity index (χ1n) is 7.03. The summed E-state index contributed by atoms with van der Waals surface area (Å²) in [5.41, 5.74) is 3.21. The predicted molar refractivity (Wildman–Crippen MR) is 78.9 cm³/mol. The lowest BCUT2D eigenvalue weighted by Gasteiger charge is -2.14. The Morgan fingerprint density at radius 1 is 1.29 bits per heavy atom. The molecular weight excluding hydrogens is 266 g/mol. The highest BCUT2D eigenvalue weighted by molar-refractivity contribution is 5.69. The monoisotopic (exact) mass is 283 g/mol. The van der Waals surface area contributed by atoms with Gasteiger partial charge in [-0.25, -0.2) is 0 Å². The van der Waals surface area contributed by atoms with E-state index >= 15 is 0 Å². The topological polar surface area (TPSA) is 66.3 Å². The summed E-state index contributed by atoms with van der Waals surface area (Å²) in [5, 5.41) is 8.87. The number of carbonyl (C=O) groups is 1. The molecule has 3 rings (SSSR count). The number of pyridine rings is 2. The van der Waals surface area contributed by atoms with Crippen molar-refractivity contribution < 1.29 is 9.90 Å². The molecule has 1 fully saturated rings. The Hall–Kier alpha value is -2.27. The van der Waals surface area contributed by atoms with Crippen LogP contribution in [0.1, 0.15) is 17.9 Å². The van der Waals surface area contributed by atoms with Crippen molar-refractivity contribution in [1.29, 1.82) is 0 Å². The molecule has 21 heavy (non-hydrogen) atoms. The molecule has 0 bridgehead atoms. The Kier molecular flexibility index (Phi) is 3.92. The summed E-state index contributed by atoms with van der Waals surface area (Å²) >= 11 is 0. The van der Waals surface area contributed by atoms with E-state index in [1.165, 1.54) is 5.56 Å². The van der Waals surface area contributed by atoms with Gasteiger partial charge in [-0.2, -0.15) is 0 Å². The minimum absolute atomic E-state index is 0.124. The third-order valence-electron chi connectivity index (χ3n) is 3.86. The second-order valence-corrected chi connectivity index (χ2v) is 5.32. The number of likely N-dealkylation sites (tertiary alicyclic amines) is 1. The number of rotatable bonds is 4. The van der Waals surface area contributed by atoms with E-state index in [1.807, 2.05) is 29.3 Å². The molecule has 5 nitrogen and oxygen atoms in total. The van der Waals surface area contributed by atoms with Gasteiger partial charge >= 0.3 is 5.97 Å². The molecule has 1 atom stereocenters. The number of hydrogen-bond acceptors (Lipinski definition) is 4. The molecule has 3 heterocycles. The Labute approximate surface area is 123 Å². The molecule has 1 aliphatic heterocycles. The molecular formula is C16H17N3O2. The van der Waals surface area contributed by atoms with Gasteiger partial charge in [-0.3, -0.25) is 19.7 Å². The van der Waals surface area contributed by atoms with Gasteiger partial charge in [-0.15, -0.1) is 0 Å². The van der Waals surface area contributed by atoms with Gasteiger partial charge in [0.25, 0.3) is 0 Å². The Balaban J connectivity index is 1.77. The van der Waals surface area contributed by atoms with Crippen molar-refractivity contribution in [2.75, 3.05) is 19.6 Å². The van der Waals surface area contributed by atoms with Gasteiger partial charge in [0.15, 0.2) is 0 Å². The molecule has 0 spiro atoms. The number of hydrogen-bond donors (Lipinski definition) is 1. The van der Waals surface area contributed by atoms with E-state index in [-0.39, 0.29) is 6.54 Å². The van der Waals surface area contributed by atoms with Crippen LogP contribution in [0, 0.1) is 0 Å². The number of carboxylic acid groups (broad SMARTS) is 1. The van der Waals surface area contributed by atoms with Crippen molar-refractivity contribution in [3.63, 3.8) is 0 Å². The second-order valence-electron chi connectivity index (χ2n) is 5.32. The average molecular weight is 283 g/mol. The molecule has 0 amide bonds. The quantitative estimate of drug-likeness (QED) is 0.930. The molecule has 1 N–H and O–H groups in total. The van der Waals surface area contributed by atoms with Crippen LogP contribution in [0.2, 0.25) is 0 Å². The van der Waals surface area contributed by atoms with Crippen molar-refractivity contribution in [2.24, 2.45) is 0 Å². The normalized spacial score (nSPS) is 18.8. The fourth-order valence-corrected chi connectivity index (χ4v) is 2.82. The van der Waals surface area contributed by atoms with Gasteiger partial charge in [0.2, 0.25) is 0 Å². The predicted octanol–water partition coefficient (Wildman–Crippen LogP) is 2.02. The van der Waals surface area contributed by atoms with Gasteiger partial charge in [-0.1, -0.05) is 0 Å². The van der Waals surface area contributed by atoms with Crippen molar-refractivity contribution in [3.8, 4) is 11.3 Å². The Morgan fingerprint density at radius 3 is 2.86 bits per heavy atom. The average Bonchev–Trinajstić information content (AvgIpc) is 2.96. The van der Waals surface area contributed by atoms with Crippen LogP contribution in [0.15, 0.2) is 42.9 Å². The van der Waals surface area contributed by atoms with E-state index in [4.69, 9.17) is 5.11 Å². The van der Waals surface area contributed by atoms with Crippen molar-refractivity contribution in [2.45, 2.75) is 12.3 Å². The highest BCUT2D eigenvalue weighted by Gasteiger charge is 2.25. The minimum atomic E-state index is -0.761. The first-order chi connectivity index (χ1) is 10.2. The van der Waals surface area contributed by atoms with Crippen LogP contribution in [0.4, 0.5) is 0 Å². The summed E-state index contributed by atoms with van der Waals surface area (Å²) in [6.07, 6.45) is 6.33. The van der Waals surface area contributed by atoms with Crippen LogP contribution >= 0.6 is 0 Å². The maximum atomic E-state index is 10.8. The van der Waals surface area contributed by atoms with Crippen LogP contribution in [-0.4, -0.2) is 45.6 Å². The van der Waals surface area contributed by atoms with Crippen LogP contribution in [-0.2, 0) is 4.79 Å². The lowest BCUT2D eigenvalue weighted by molar-refractivity contribution is -0.138. The standard InChI is InChI=1S/C16H17N3O2/c20-16(21)11-19-8-4-14(10-19)13-3-7-18-15(9-13)12-1-5-17-6-2-12/h1-3,5-7,9,14H,4,8,10-11H2,(H,20,21). The van der Waals surface area contributed by atoms with Crippen LogP contribution in [0.5, 0.6) is 0 Å². The highest BCUT2D eigenvalue weighted by atomic mass is 16.4. The van der Waals surface area contributed by atoms with Crippen LogP contribution in [0.3, 0.4) is 0 Å². The molecule has 0 aromatic carbocycles. The van der Waals surface area contributed by atoms with E-state index in [1.54, 1.807) is 12.4 Å². The second kappa shape index (κ2) is 6.01. The smallest absolute Gasteiger partial charge is 0.317 e. The fraction of sp³-hybridized carbons (Fsp3) is 0.312. The minimum Gasteiger partial charge on any atom is -0.480 e. The molecule has 2 aromatic heterocycles. The SMILES string of the molecule is O=C(O)CN1CCC(c2ccnc(-c3ccncc3)c2)C1. The number of aliphatic carboxylic acids is 1. The zero-order valence-electron chi connectivity index (χ0n) is 11.6. The molecule has 0 saturated carbocycles. The Morgan fingerprint density at radius 2 is 2.10 bits per heavy atom. The molecule has 1 aliphatic rings. The summed E-state index contributed by atoms with van der Waals surface area (Å²) in [4.78, 5) is 21.2. The highest BCUT2D eigenvalue weighted by Crippen LogP contribution is 2.29. The maximum absolute atomic E-state index is 10.8. The molecule has 0 radical (unpaired) electrons. The molecule has 1 unspecified atom stereocenters. The van der Waals surface area contributed by atoms with Crippen LogP contribution in [0.25, 0.3) is 11.3 Å². The first kappa shape index (κ1) is 13.7. The van der Waals surface area contributed by atoms with E-state index < -0.39 is 5.97 Å². The molecule has 2 aromatic rings. The summed E-state index contributed by atoms with van der Waals surface area (Å²) in [7, 11) is 0. The number of aromatic nitrogens is 2. The number of nitrogens with zero attached hydrogens (tertiary/aromatic N) is 3. The van der Waals surface area contributed by atoms with Gasteiger partial charge in [0.05, 0.1) is 12.2 Å². The van der Waals surface area contributed by atoms with E-state index in [2.05, 4.69) is 16.0 Å². The lowest BCUT2D eigenvalue weighted by Crippen LogP contribution is -2.27. The zero-order chi connectivity index (χ0) is 14.7. The third kappa shape index (κ3) is 3.25.